The van der Waals surface area contributed by atoms with Gasteiger partial charge in [0.25, 0.3) is 11.6 Å². The Hall–Kier alpha value is -3.23. The zero-order valence-electron chi connectivity index (χ0n) is 10.8. The van der Waals surface area contributed by atoms with Crippen molar-refractivity contribution in [2.45, 2.75) is 6.92 Å². The van der Waals surface area contributed by atoms with E-state index in [4.69, 9.17) is 5.11 Å². The predicted octanol–water partition coefficient (Wildman–Crippen LogP) is 1.58. The van der Waals surface area contributed by atoms with Crippen LogP contribution >= 0.6 is 0 Å². The number of carbonyl (C=O) groups is 2. The van der Waals surface area contributed by atoms with Crippen molar-refractivity contribution in [1.29, 1.82) is 0 Å². The van der Waals surface area contributed by atoms with Gasteiger partial charge in [-0.2, -0.15) is 0 Å². The van der Waals surface area contributed by atoms with Gasteiger partial charge in [0.15, 0.2) is 11.4 Å². The Balaban J connectivity index is 2.26. The number of aromatic amines is 1. The zero-order chi connectivity index (χ0) is 15.6. The smallest absolute Gasteiger partial charge is 0.354 e. The molecule has 0 aliphatic heterocycles. The third kappa shape index (κ3) is 2.86. The van der Waals surface area contributed by atoms with E-state index in [0.717, 1.165) is 6.33 Å². The third-order valence-electron chi connectivity index (χ3n) is 2.74. The van der Waals surface area contributed by atoms with Gasteiger partial charge in [-0.3, -0.25) is 14.9 Å². The molecule has 0 bridgehead atoms. The van der Waals surface area contributed by atoms with Gasteiger partial charge in [-0.1, -0.05) is 0 Å². The molecule has 2 aromatic rings. The fourth-order valence-corrected chi connectivity index (χ4v) is 1.71. The van der Waals surface area contributed by atoms with Gasteiger partial charge in [-0.25, -0.2) is 9.78 Å². The normalized spacial score (nSPS) is 10.1. The Bertz CT molecular complexity index is 737. The van der Waals surface area contributed by atoms with Crippen LogP contribution in [0.25, 0.3) is 0 Å². The second-order valence-electron chi connectivity index (χ2n) is 4.14. The first-order chi connectivity index (χ1) is 9.90. The molecule has 2 rings (SSSR count). The van der Waals surface area contributed by atoms with Crippen LogP contribution in [0.4, 0.5) is 11.4 Å². The summed E-state index contributed by atoms with van der Waals surface area (Å²) in [5.74, 6) is -2.02. The quantitative estimate of drug-likeness (QED) is 0.577. The van der Waals surface area contributed by atoms with Crippen LogP contribution in [-0.4, -0.2) is 31.9 Å². The highest BCUT2D eigenvalue weighted by molar-refractivity contribution is 6.08. The number of aryl methyl sites for hydroxylation is 1. The molecule has 0 spiro atoms. The van der Waals surface area contributed by atoms with Crippen molar-refractivity contribution in [3.63, 3.8) is 0 Å². The minimum atomic E-state index is -1.31. The number of aromatic carboxylic acids is 1. The lowest BCUT2D eigenvalue weighted by Gasteiger charge is -2.07. The number of benzene rings is 1. The number of nitrogens with zero attached hydrogens (tertiary/aromatic N) is 2. The standard InChI is InChI=1S/C12H10N4O5/c1-6-4-7(16(20)21)2-3-8(6)15-11(17)9-10(12(18)19)14-5-13-9/h2-5H,1H3,(H,13,14)(H,15,17)(H,18,19). The van der Waals surface area contributed by atoms with E-state index < -0.39 is 16.8 Å². The van der Waals surface area contributed by atoms with Crippen LogP contribution in [0.1, 0.15) is 26.5 Å². The number of hydrogen-bond acceptors (Lipinski definition) is 5. The highest BCUT2D eigenvalue weighted by Crippen LogP contribution is 2.21. The maximum atomic E-state index is 12.0. The fraction of sp³-hybridized carbons (Fsp3) is 0.0833. The Morgan fingerprint density at radius 2 is 2.14 bits per heavy atom. The molecule has 1 aromatic heterocycles. The molecule has 0 aliphatic rings. The largest absolute Gasteiger partial charge is 0.477 e. The number of non-ortho nitro benzene ring substituents is 1. The minimum absolute atomic E-state index is 0.100. The number of H-pyrrole nitrogens is 1. The number of amides is 1. The maximum Gasteiger partial charge on any atom is 0.354 e. The SMILES string of the molecule is Cc1cc([N+](=O)[O-])ccc1NC(=O)c1nc[nH]c1C(=O)O. The van der Waals surface area contributed by atoms with E-state index in [1.54, 1.807) is 6.92 Å². The van der Waals surface area contributed by atoms with Crippen LogP contribution in [0, 0.1) is 17.0 Å². The number of rotatable bonds is 4. The monoisotopic (exact) mass is 290 g/mol. The van der Waals surface area contributed by atoms with Gasteiger partial charge in [-0.05, 0) is 18.6 Å². The van der Waals surface area contributed by atoms with Gasteiger partial charge in [0, 0.05) is 17.8 Å². The summed E-state index contributed by atoms with van der Waals surface area (Å²) >= 11 is 0. The average molecular weight is 290 g/mol. The summed E-state index contributed by atoms with van der Waals surface area (Å²) in [5.41, 5.74) is 0.124. The Kier molecular flexibility index (Phi) is 3.65. The summed E-state index contributed by atoms with van der Waals surface area (Å²) in [4.78, 5) is 39.0. The van der Waals surface area contributed by atoms with Gasteiger partial charge in [0.05, 0.1) is 11.3 Å². The Morgan fingerprint density at radius 1 is 1.43 bits per heavy atom. The van der Waals surface area contributed by atoms with E-state index in [-0.39, 0.29) is 17.1 Å². The third-order valence-corrected chi connectivity index (χ3v) is 2.74. The number of hydrogen-bond donors (Lipinski definition) is 3. The van der Waals surface area contributed by atoms with Crippen molar-refractivity contribution in [3.05, 3.63) is 51.6 Å². The lowest BCUT2D eigenvalue weighted by Crippen LogP contribution is -2.17. The maximum absolute atomic E-state index is 12.0. The molecule has 1 aromatic carbocycles. The summed E-state index contributed by atoms with van der Waals surface area (Å²) in [7, 11) is 0. The van der Waals surface area contributed by atoms with Crippen LogP contribution in [-0.2, 0) is 0 Å². The second-order valence-corrected chi connectivity index (χ2v) is 4.14. The van der Waals surface area contributed by atoms with Gasteiger partial charge in [0.2, 0.25) is 0 Å². The van der Waals surface area contributed by atoms with Crippen molar-refractivity contribution in [3.8, 4) is 0 Å². The van der Waals surface area contributed by atoms with Gasteiger partial charge in [-0.15, -0.1) is 0 Å². The molecule has 0 unspecified atom stereocenters. The summed E-state index contributed by atoms with van der Waals surface area (Å²) in [5, 5.41) is 22.0. The van der Waals surface area contributed by atoms with Crippen molar-refractivity contribution in [1.82, 2.24) is 9.97 Å². The van der Waals surface area contributed by atoms with Gasteiger partial charge in [0.1, 0.15) is 0 Å². The van der Waals surface area contributed by atoms with Crippen LogP contribution in [0.2, 0.25) is 0 Å². The average Bonchev–Trinajstić information content (AvgIpc) is 2.90. The number of nitro benzene ring substituents is 1. The number of carboxylic acid groups (broad SMARTS) is 1. The zero-order valence-corrected chi connectivity index (χ0v) is 10.8. The topological polar surface area (TPSA) is 138 Å². The second kappa shape index (κ2) is 5.41. The first-order valence-corrected chi connectivity index (χ1v) is 5.73. The first-order valence-electron chi connectivity index (χ1n) is 5.73. The van der Waals surface area contributed by atoms with Crippen LogP contribution in [0.15, 0.2) is 24.5 Å². The number of anilines is 1. The molecular formula is C12H10N4O5. The van der Waals surface area contributed by atoms with E-state index in [1.807, 2.05) is 0 Å². The molecule has 0 saturated heterocycles. The van der Waals surface area contributed by atoms with Gasteiger partial charge < -0.3 is 15.4 Å². The lowest BCUT2D eigenvalue weighted by atomic mass is 10.1. The number of carboxylic acids is 1. The summed E-state index contributed by atoms with van der Waals surface area (Å²) in [6.45, 7) is 1.59. The molecule has 0 atom stereocenters. The molecule has 0 radical (unpaired) electrons. The van der Waals surface area contributed by atoms with Gasteiger partial charge >= 0.3 is 5.97 Å². The number of nitro groups is 1. The summed E-state index contributed by atoms with van der Waals surface area (Å²) in [6, 6.07) is 3.92. The van der Waals surface area contributed by atoms with E-state index in [9.17, 15) is 19.7 Å². The van der Waals surface area contributed by atoms with Crippen LogP contribution < -0.4 is 5.32 Å². The summed E-state index contributed by atoms with van der Waals surface area (Å²) < 4.78 is 0. The molecule has 1 heterocycles. The molecule has 9 nitrogen and oxygen atoms in total. The molecule has 1 amide bonds. The molecule has 0 aliphatic carbocycles. The lowest BCUT2D eigenvalue weighted by molar-refractivity contribution is -0.384. The number of imidazole rings is 1. The molecule has 9 heteroatoms. The Labute approximate surface area is 117 Å². The van der Waals surface area contributed by atoms with Crippen molar-refractivity contribution < 1.29 is 19.6 Å². The number of aromatic nitrogens is 2. The first kappa shape index (κ1) is 14.2. The number of nitrogens with one attached hydrogen (secondary N) is 2. The molecule has 0 saturated carbocycles. The molecule has 108 valence electrons. The Morgan fingerprint density at radius 3 is 2.71 bits per heavy atom. The summed E-state index contributed by atoms with van der Waals surface area (Å²) in [6.07, 6.45) is 1.10. The van der Waals surface area contributed by atoms with Crippen molar-refractivity contribution >= 4 is 23.3 Å². The molecule has 21 heavy (non-hydrogen) atoms. The van der Waals surface area contributed by atoms with E-state index in [1.165, 1.54) is 18.2 Å². The van der Waals surface area contributed by atoms with E-state index >= 15 is 0 Å². The minimum Gasteiger partial charge on any atom is -0.477 e. The van der Waals surface area contributed by atoms with E-state index in [2.05, 4.69) is 15.3 Å². The highest BCUT2D eigenvalue weighted by Gasteiger charge is 2.20. The predicted molar refractivity (Wildman–Crippen MR) is 71.3 cm³/mol. The highest BCUT2D eigenvalue weighted by atomic mass is 16.6. The van der Waals surface area contributed by atoms with Crippen molar-refractivity contribution in [2.75, 3.05) is 5.32 Å². The van der Waals surface area contributed by atoms with Crippen molar-refractivity contribution in [2.24, 2.45) is 0 Å². The fourth-order valence-electron chi connectivity index (χ4n) is 1.71. The van der Waals surface area contributed by atoms with Crippen LogP contribution in [0.3, 0.4) is 0 Å². The molecule has 3 N–H and O–H groups in total. The van der Waals surface area contributed by atoms with E-state index in [0.29, 0.717) is 11.3 Å². The molecular weight excluding hydrogens is 280 g/mol. The molecule has 0 fully saturated rings. The van der Waals surface area contributed by atoms with Crippen LogP contribution in [0.5, 0.6) is 0 Å². The number of carbonyl (C=O) groups excluding carboxylic acids is 1.